The molecular weight excluding hydrogens is 975 g/mol. The molecule has 0 amide bonds. The van der Waals surface area contributed by atoms with Crippen LogP contribution in [0.4, 0.5) is 0 Å². The van der Waals surface area contributed by atoms with E-state index in [2.05, 4.69) is 250 Å². The Morgan fingerprint density at radius 1 is 0.367 bits per heavy atom. The molecule has 8 aromatic carbocycles. The number of unbranched alkanes of at least 4 members (excludes halogenated alkanes) is 1. The SMILES string of the molecule is Brc1ccc(Br)cc1.Brc1ccc([Si](c2ccccc2)(c2ccccc2)c2ccccc2)cc1.C.Cl[Si](c1ccccc1)(c1ccccc1)c1ccccc1.[CH2-]CCC.[Li+]. The molecule has 300 valence electrons. The first-order valence-corrected chi connectivity index (χ1v) is 26.7. The van der Waals surface area contributed by atoms with Crippen molar-refractivity contribution in [3.05, 3.63) is 251 Å². The van der Waals surface area contributed by atoms with Gasteiger partial charge in [0.2, 0.25) is 7.38 Å². The molecule has 0 radical (unpaired) electrons. The predicted molar refractivity (Wildman–Crippen MR) is 276 cm³/mol. The van der Waals surface area contributed by atoms with Crippen LogP contribution in [0.5, 0.6) is 0 Å². The van der Waals surface area contributed by atoms with Crippen LogP contribution < -0.4 is 55.2 Å². The van der Waals surface area contributed by atoms with Crippen molar-refractivity contribution >= 4 is 111 Å². The fraction of sp³-hybridized carbons (Fsp3) is 0.0755. The summed E-state index contributed by atoms with van der Waals surface area (Å²) in [4.78, 5) is 0. The Labute approximate surface area is 403 Å². The van der Waals surface area contributed by atoms with Crippen LogP contribution in [0, 0.1) is 6.92 Å². The van der Waals surface area contributed by atoms with Gasteiger partial charge in [-0.05, 0) is 72.7 Å². The van der Waals surface area contributed by atoms with Crippen LogP contribution in [0.1, 0.15) is 27.2 Å². The Morgan fingerprint density at radius 2 is 0.550 bits per heavy atom. The Morgan fingerprint density at radius 3 is 0.767 bits per heavy atom. The average molecular weight is 1030 g/mol. The van der Waals surface area contributed by atoms with Crippen molar-refractivity contribution in [2.24, 2.45) is 0 Å². The Hall–Kier alpha value is -3.48. The van der Waals surface area contributed by atoms with Crippen molar-refractivity contribution in [3.8, 4) is 0 Å². The first-order valence-electron chi connectivity index (χ1n) is 19.3. The van der Waals surface area contributed by atoms with Crippen LogP contribution >= 0.6 is 58.9 Å². The number of halogens is 4. The second-order valence-corrected chi connectivity index (χ2v) is 24.7. The zero-order valence-corrected chi connectivity index (χ0v) is 41.1. The smallest absolute Gasteiger partial charge is 0.343 e. The summed E-state index contributed by atoms with van der Waals surface area (Å²) in [6, 6.07) is 81.1. The maximum atomic E-state index is 7.25. The van der Waals surface area contributed by atoms with Crippen molar-refractivity contribution < 1.29 is 18.9 Å². The molecule has 0 saturated heterocycles. The van der Waals surface area contributed by atoms with Crippen molar-refractivity contribution in [1.29, 1.82) is 0 Å². The normalized spacial score (nSPS) is 10.4. The molecule has 8 aromatic rings. The molecule has 0 saturated carbocycles. The van der Waals surface area contributed by atoms with Gasteiger partial charge in [0.05, 0.1) is 0 Å². The summed E-state index contributed by atoms with van der Waals surface area (Å²) >= 11 is 17.5. The van der Waals surface area contributed by atoms with E-state index in [1.54, 1.807) is 0 Å². The summed E-state index contributed by atoms with van der Waals surface area (Å²) in [5.74, 6) is 0. The van der Waals surface area contributed by atoms with Crippen LogP contribution in [-0.2, 0) is 0 Å². The zero-order valence-electron chi connectivity index (χ0n) is 33.6. The predicted octanol–water partition coefficient (Wildman–Crippen LogP) is 9.19. The van der Waals surface area contributed by atoms with Gasteiger partial charge in [-0.3, -0.25) is 0 Å². The first kappa shape index (κ1) is 50.9. The van der Waals surface area contributed by atoms with Gasteiger partial charge in [-0.1, -0.05) is 263 Å². The molecule has 0 aliphatic carbocycles. The van der Waals surface area contributed by atoms with Crippen LogP contribution in [0.2, 0.25) is 0 Å². The standard InChI is InChI=1S/C24H19BrSi.C18H15ClSi.C6H4Br2.C4H9.CH4.Li/c25-20-16-18-24(19-17-20)26(21-10-4-1-5-11-21,22-12-6-2-7-13-22)23-14-8-3-9-15-23;19-20(16-10-4-1-5-11-16,17-12-6-2-7-13-17)18-14-8-3-9-15-18;7-5-1-2-6(8)4-3-5;1-3-4-2;;/h1-19H;1-15H;1-4H;1,3-4H2,2H3;1H4;/q;;;-1;;+1. The number of benzene rings is 8. The van der Waals surface area contributed by atoms with Crippen LogP contribution in [0.25, 0.3) is 0 Å². The topological polar surface area (TPSA) is 0 Å². The summed E-state index contributed by atoms with van der Waals surface area (Å²) in [6.45, 7) is 5.72. The molecule has 0 aliphatic rings. The second-order valence-electron chi connectivity index (χ2n) is 13.4. The van der Waals surface area contributed by atoms with E-state index >= 15 is 0 Å². The van der Waals surface area contributed by atoms with E-state index < -0.39 is 15.5 Å². The molecule has 0 bridgehead atoms. The zero-order chi connectivity index (χ0) is 41.1. The molecule has 0 fully saturated rings. The van der Waals surface area contributed by atoms with Gasteiger partial charge < -0.3 is 6.92 Å². The number of rotatable bonds is 8. The van der Waals surface area contributed by atoms with Gasteiger partial charge in [-0.15, -0.1) is 11.1 Å². The molecule has 0 unspecified atom stereocenters. The first-order chi connectivity index (χ1) is 28.3. The van der Waals surface area contributed by atoms with Crippen molar-refractivity contribution in [2.45, 2.75) is 27.2 Å². The fourth-order valence-electron chi connectivity index (χ4n) is 6.70. The van der Waals surface area contributed by atoms with E-state index in [1.807, 2.05) is 42.5 Å². The minimum Gasteiger partial charge on any atom is -0.343 e. The molecule has 0 N–H and O–H groups in total. The summed E-state index contributed by atoms with van der Waals surface area (Å²) < 4.78 is 3.33. The summed E-state index contributed by atoms with van der Waals surface area (Å²) in [5, 5.41) is 9.26. The molecule has 60 heavy (non-hydrogen) atoms. The molecule has 0 aliphatic heterocycles. The van der Waals surface area contributed by atoms with Crippen LogP contribution in [0.3, 0.4) is 0 Å². The third kappa shape index (κ3) is 13.5. The third-order valence-corrected chi connectivity index (χ3v) is 21.3. The molecule has 0 heterocycles. The maximum absolute atomic E-state index is 7.25. The molecule has 0 nitrogen and oxygen atoms in total. The van der Waals surface area contributed by atoms with Gasteiger partial charge >= 0.3 is 18.9 Å². The minimum absolute atomic E-state index is 0. The van der Waals surface area contributed by atoms with Gasteiger partial charge in [0.1, 0.15) is 0 Å². The molecule has 0 atom stereocenters. The molecule has 0 spiro atoms. The maximum Gasteiger partial charge on any atom is 1.00 e. The summed E-state index contributed by atoms with van der Waals surface area (Å²) in [7, 11) is -4.75. The van der Waals surface area contributed by atoms with Gasteiger partial charge in [0.15, 0.2) is 8.07 Å². The van der Waals surface area contributed by atoms with E-state index in [9.17, 15) is 0 Å². The van der Waals surface area contributed by atoms with Crippen molar-refractivity contribution in [2.75, 3.05) is 0 Å². The fourth-order valence-corrected chi connectivity index (χ4v) is 16.3. The van der Waals surface area contributed by atoms with E-state index in [1.165, 1.54) is 42.7 Å². The summed E-state index contributed by atoms with van der Waals surface area (Å²) in [5.41, 5.74) is 0. The van der Waals surface area contributed by atoms with E-state index in [0.29, 0.717) is 0 Å². The minimum atomic E-state index is -2.41. The van der Waals surface area contributed by atoms with Crippen LogP contribution in [-0.4, -0.2) is 15.5 Å². The van der Waals surface area contributed by atoms with Gasteiger partial charge in [0.25, 0.3) is 0 Å². The van der Waals surface area contributed by atoms with Crippen molar-refractivity contribution in [3.63, 3.8) is 0 Å². The van der Waals surface area contributed by atoms with Crippen molar-refractivity contribution in [1.82, 2.24) is 0 Å². The Kier molecular flexibility index (Phi) is 22.7. The Bertz CT molecular complexity index is 2100. The largest absolute Gasteiger partial charge is 1.00 e. The summed E-state index contributed by atoms with van der Waals surface area (Å²) in [6.07, 6.45) is 2.28. The monoisotopic (exact) mass is 1020 g/mol. The van der Waals surface area contributed by atoms with Gasteiger partial charge in [0, 0.05) is 13.4 Å². The molecule has 8 rings (SSSR count). The van der Waals surface area contributed by atoms with E-state index in [0.717, 1.165) is 19.8 Å². The molecule has 0 aromatic heterocycles. The third-order valence-electron chi connectivity index (χ3n) is 9.57. The van der Waals surface area contributed by atoms with E-state index in [-0.39, 0.29) is 26.3 Å². The number of hydrogen-bond acceptors (Lipinski definition) is 0. The number of hydrogen-bond donors (Lipinski definition) is 0. The second kappa shape index (κ2) is 26.8. The van der Waals surface area contributed by atoms with E-state index in [4.69, 9.17) is 11.1 Å². The Balaban J connectivity index is 0.000000250. The molecular formula is C53H51Br3ClLiSi2. The van der Waals surface area contributed by atoms with Gasteiger partial charge in [-0.2, -0.15) is 6.42 Å². The van der Waals surface area contributed by atoms with Crippen LogP contribution in [0.15, 0.2) is 244 Å². The molecule has 7 heteroatoms. The quantitative estimate of drug-likeness (QED) is 0.0617. The average Bonchev–Trinajstić information content (AvgIpc) is 3.30. The van der Waals surface area contributed by atoms with Gasteiger partial charge in [-0.25, -0.2) is 0 Å².